The van der Waals surface area contributed by atoms with Crippen LogP contribution in [0.2, 0.25) is 0 Å². The van der Waals surface area contributed by atoms with E-state index in [0.29, 0.717) is 13.1 Å². The van der Waals surface area contributed by atoms with E-state index in [0.717, 1.165) is 25.9 Å². The maximum atomic E-state index is 12.6. The predicted molar refractivity (Wildman–Crippen MR) is 83.6 cm³/mol. The smallest absolute Gasteiger partial charge is 0.269 e. The van der Waals surface area contributed by atoms with Crippen LogP contribution < -0.4 is 5.32 Å². The van der Waals surface area contributed by atoms with Crippen molar-refractivity contribution in [1.82, 2.24) is 9.62 Å². The normalized spacial score (nSPS) is 25.3. The summed E-state index contributed by atoms with van der Waals surface area (Å²) in [5.74, 6) is 0. The number of hydrogen-bond acceptors (Lipinski definition) is 5. The van der Waals surface area contributed by atoms with Gasteiger partial charge in [-0.25, -0.2) is 8.42 Å². The Labute approximate surface area is 135 Å². The summed E-state index contributed by atoms with van der Waals surface area (Å²) < 4.78 is 26.7. The fraction of sp³-hybridized carbons (Fsp3) is 0.538. The first-order valence-corrected chi connectivity index (χ1v) is 8.32. The zero-order chi connectivity index (χ0) is 15.1. The summed E-state index contributed by atoms with van der Waals surface area (Å²) in [6, 6.07) is 5.09. The molecule has 2 saturated heterocycles. The summed E-state index contributed by atoms with van der Waals surface area (Å²) in [7, 11) is -3.56. The summed E-state index contributed by atoms with van der Waals surface area (Å²) >= 11 is 0. The van der Waals surface area contributed by atoms with Gasteiger partial charge in [0.1, 0.15) is 0 Å². The second-order valence-electron chi connectivity index (χ2n) is 5.77. The Morgan fingerprint density at radius 3 is 2.45 bits per heavy atom. The fourth-order valence-electron chi connectivity index (χ4n) is 3.13. The minimum Gasteiger partial charge on any atom is -0.316 e. The van der Waals surface area contributed by atoms with Crippen LogP contribution in [0.25, 0.3) is 0 Å². The van der Waals surface area contributed by atoms with E-state index >= 15 is 0 Å². The van der Waals surface area contributed by atoms with Gasteiger partial charge in [0.15, 0.2) is 0 Å². The van der Waals surface area contributed by atoms with Gasteiger partial charge >= 0.3 is 0 Å². The molecule has 0 bridgehead atoms. The van der Waals surface area contributed by atoms with Gasteiger partial charge in [-0.2, -0.15) is 4.31 Å². The van der Waals surface area contributed by atoms with Gasteiger partial charge < -0.3 is 5.32 Å². The SMILES string of the molecule is Cl.O=[N+]([O-])c1ccc(S(=O)(=O)N2CCC3(CCNC3)C2)cc1. The molecule has 2 aliphatic heterocycles. The van der Waals surface area contributed by atoms with Crippen molar-refractivity contribution in [3.05, 3.63) is 34.4 Å². The van der Waals surface area contributed by atoms with Crippen molar-refractivity contribution in [3.63, 3.8) is 0 Å². The Morgan fingerprint density at radius 2 is 1.91 bits per heavy atom. The Bertz CT molecular complexity index is 656. The van der Waals surface area contributed by atoms with Crippen LogP contribution in [0.5, 0.6) is 0 Å². The van der Waals surface area contributed by atoms with Crippen molar-refractivity contribution in [3.8, 4) is 0 Å². The van der Waals surface area contributed by atoms with Gasteiger partial charge in [0.05, 0.1) is 9.82 Å². The first kappa shape index (κ1) is 17.1. The summed E-state index contributed by atoms with van der Waals surface area (Å²) in [6.07, 6.45) is 1.87. The Balaban J connectivity index is 0.00000176. The van der Waals surface area contributed by atoms with E-state index in [4.69, 9.17) is 0 Å². The van der Waals surface area contributed by atoms with Crippen LogP contribution >= 0.6 is 12.4 Å². The van der Waals surface area contributed by atoms with Gasteiger partial charge in [0.25, 0.3) is 5.69 Å². The minimum absolute atomic E-state index is 0. The van der Waals surface area contributed by atoms with Crippen LogP contribution in [0.1, 0.15) is 12.8 Å². The van der Waals surface area contributed by atoms with Crippen molar-refractivity contribution in [1.29, 1.82) is 0 Å². The van der Waals surface area contributed by atoms with Crippen molar-refractivity contribution in [2.75, 3.05) is 26.2 Å². The molecule has 9 heteroatoms. The largest absolute Gasteiger partial charge is 0.316 e. The molecule has 3 rings (SSSR count). The third-order valence-corrected chi connectivity index (χ3v) is 6.28. The third kappa shape index (κ3) is 2.96. The van der Waals surface area contributed by atoms with E-state index < -0.39 is 14.9 Å². The molecule has 122 valence electrons. The average molecular weight is 348 g/mol. The Kier molecular flexibility index (Phi) is 4.76. The number of hydrogen-bond donors (Lipinski definition) is 1. The lowest BCUT2D eigenvalue weighted by atomic mass is 9.87. The summed E-state index contributed by atoms with van der Waals surface area (Å²) in [5.41, 5.74) is -0.0414. The number of halogens is 1. The number of benzene rings is 1. The second kappa shape index (κ2) is 6.11. The van der Waals surface area contributed by atoms with E-state index in [-0.39, 0.29) is 28.4 Å². The maximum Gasteiger partial charge on any atom is 0.269 e. The molecule has 2 fully saturated rings. The van der Waals surface area contributed by atoms with Crippen LogP contribution in [0.4, 0.5) is 5.69 Å². The first-order valence-electron chi connectivity index (χ1n) is 6.88. The quantitative estimate of drug-likeness (QED) is 0.659. The van der Waals surface area contributed by atoms with Crippen molar-refractivity contribution in [2.24, 2.45) is 5.41 Å². The molecule has 0 radical (unpaired) electrons. The molecule has 2 heterocycles. The molecular weight excluding hydrogens is 330 g/mol. The Hall–Kier alpha value is -1.22. The molecular formula is C13H18ClN3O4S. The number of nitro groups is 1. The van der Waals surface area contributed by atoms with E-state index in [2.05, 4.69) is 5.32 Å². The molecule has 1 spiro atoms. The standard InChI is InChI=1S/C13H17N3O4S.ClH/c17-16(18)11-1-3-12(4-2-11)21(19,20)15-8-6-13(10-15)5-7-14-9-13;/h1-4,14H,5-10H2;1H. The van der Waals surface area contributed by atoms with Gasteiger partial charge in [0, 0.05) is 31.8 Å². The van der Waals surface area contributed by atoms with Crippen molar-refractivity contribution >= 4 is 28.1 Å². The highest BCUT2D eigenvalue weighted by Gasteiger charge is 2.44. The topological polar surface area (TPSA) is 92.5 Å². The molecule has 2 aliphatic rings. The van der Waals surface area contributed by atoms with Crippen LogP contribution in [-0.4, -0.2) is 43.8 Å². The maximum absolute atomic E-state index is 12.6. The highest BCUT2D eigenvalue weighted by molar-refractivity contribution is 7.89. The number of rotatable bonds is 3. The zero-order valence-corrected chi connectivity index (χ0v) is 13.5. The molecule has 22 heavy (non-hydrogen) atoms. The lowest BCUT2D eigenvalue weighted by Gasteiger charge is -2.22. The molecule has 1 unspecified atom stereocenters. The highest BCUT2D eigenvalue weighted by Crippen LogP contribution is 2.38. The van der Waals surface area contributed by atoms with E-state index in [1.807, 2.05) is 0 Å². The number of nitrogens with zero attached hydrogens (tertiary/aromatic N) is 2. The minimum atomic E-state index is -3.56. The highest BCUT2D eigenvalue weighted by atomic mass is 35.5. The number of nitrogens with one attached hydrogen (secondary N) is 1. The molecule has 1 aromatic rings. The lowest BCUT2D eigenvalue weighted by Crippen LogP contribution is -2.33. The van der Waals surface area contributed by atoms with Gasteiger partial charge in [-0.3, -0.25) is 10.1 Å². The van der Waals surface area contributed by atoms with E-state index in [1.54, 1.807) is 0 Å². The van der Waals surface area contributed by atoms with Gasteiger partial charge in [0.2, 0.25) is 10.0 Å². The summed E-state index contributed by atoms with van der Waals surface area (Å²) in [5, 5.41) is 13.9. The number of non-ortho nitro benzene ring substituents is 1. The average Bonchev–Trinajstić information content (AvgIpc) is 3.10. The first-order chi connectivity index (χ1) is 9.93. The van der Waals surface area contributed by atoms with Crippen molar-refractivity contribution in [2.45, 2.75) is 17.7 Å². The van der Waals surface area contributed by atoms with Crippen LogP contribution in [0.3, 0.4) is 0 Å². The van der Waals surface area contributed by atoms with Gasteiger partial charge in [-0.15, -0.1) is 12.4 Å². The Morgan fingerprint density at radius 1 is 1.23 bits per heavy atom. The van der Waals surface area contributed by atoms with Crippen molar-refractivity contribution < 1.29 is 13.3 Å². The molecule has 0 aromatic heterocycles. The van der Waals surface area contributed by atoms with Crippen LogP contribution in [0.15, 0.2) is 29.2 Å². The van der Waals surface area contributed by atoms with E-state index in [9.17, 15) is 18.5 Å². The molecule has 0 amide bonds. The summed E-state index contributed by atoms with van der Waals surface area (Å²) in [4.78, 5) is 10.2. The fourth-order valence-corrected chi connectivity index (χ4v) is 4.69. The molecule has 0 aliphatic carbocycles. The molecule has 1 aromatic carbocycles. The molecule has 0 saturated carbocycles. The van der Waals surface area contributed by atoms with Gasteiger partial charge in [-0.05, 0) is 36.9 Å². The third-order valence-electron chi connectivity index (χ3n) is 4.42. The summed E-state index contributed by atoms with van der Waals surface area (Å²) in [6.45, 7) is 2.84. The molecule has 1 atom stereocenters. The second-order valence-corrected chi connectivity index (χ2v) is 7.70. The molecule has 1 N–H and O–H groups in total. The van der Waals surface area contributed by atoms with Crippen LogP contribution in [-0.2, 0) is 10.0 Å². The van der Waals surface area contributed by atoms with Gasteiger partial charge in [-0.1, -0.05) is 0 Å². The van der Waals surface area contributed by atoms with E-state index in [1.165, 1.54) is 28.6 Å². The monoisotopic (exact) mass is 347 g/mol. The van der Waals surface area contributed by atoms with Crippen LogP contribution in [0, 0.1) is 15.5 Å². The number of sulfonamides is 1. The zero-order valence-electron chi connectivity index (χ0n) is 11.9. The predicted octanol–water partition coefficient (Wildman–Crippen LogP) is 1.39. The molecule has 7 nitrogen and oxygen atoms in total. The number of nitro benzene ring substituents is 1. The lowest BCUT2D eigenvalue weighted by molar-refractivity contribution is -0.384.